The average molecular weight is 267 g/mol. The van der Waals surface area contributed by atoms with Gasteiger partial charge in [0.2, 0.25) is 0 Å². The topological polar surface area (TPSA) is 41.6 Å². The summed E-state index contributed by atoms with van der Waals surface area (Å²) in [5.74, 6) is -0.387. The summed E-state index contributed by atoms with van der Waals surface area (Å²) in [5, 5.41) is 10.0. The molecule has 4 heteroatoms. The van der Waals surface area contributed by atoms with Crippen LogP contribution in [0.25, 0.3) is 0 Å². The van der Waals surface area contributed by atoms with Gasteiger partial charge in [0, 0.05) is 5.92 Å². The molecule has 0 amide bonds. The van der Waals surface area contributed by atoms with E-state index in [1.165, 1.54) is 6.20 Å². The molecule has 1 aromatic heterocycles. The van der Waals surface area contributed by atoms with Gasteiger partial charge in [0.1, 0.15) is 5.69 Å². The third kappa shape index (κ3) is 2.45. The van der Waals surface area contributed by atoms with Crippen LogP contribution in [0.3, 0.4) is 0 Å². The fraction of sp³-hybridized carbons (Fsp3) is 0.125. The van der Waals surface area contributed by atoms with Crippen LogP contribution >= 0.6 is 0 Å². The third-order valence-electron chi connectivity index (χ3n) is 3.33. The first-order chi connectivity index (χ1) is 9.86. The van der Waals surface area contributed by atoms with Crippen LogP contribution < -0.4 is 0 Å². The lowest BCUT2D eigenvalue weighted by Crippen LogP contribution is -2.09. The van der Waals surface area contributed by atoms with Crippen molar-refractivity contribution in [3.8, 4) is 0 Å². The smallest absolute Gasteiger partial charge is 0.156 e. The van der Waals surface area contributed by atoms with Crippen molar-refractivity contribution in [3.63, 3.8) is 0 Å². The SMILES string of the molecule is FC(c1cn[nH]n1)C(c1ccccc1)c1ccccc1. The second-order valence-corrected chi connectivity index (χ2v) is 4.60. The minimum Gasteiger partial charge on any atom is -0.239 e. The molecule has 3 rings (SSSR count). The molecule has 1 heterocycles. The number of aromatic amines is 1. The predicted octanol–water partition coefficient (Wildman–Crippen LogP) is 3.65. The Morgan fingerprint density at radius 1 is 0.850 bits per heavy atom. The minimum atomic E-state index is -1.24. The summed E-state index contributed by atoms with van der Waals surface area (Å²) in [6.45, 7) is 0. The van der Waals surface area contributed by atoms with Gasteiger partial charge in [-0.15, -0.1) is 0 Å². The maximum atomic E-state index is 14.9. The molecule has 2 aromatic carbocycles. The number of benzene rings is 2. The Kier molecular flexibility index (Phi) is 3.54. The molecule has 0 aliphatic rings. The standard InChI is InChI=1S/C16H14FN3/c17-16(14-11-18-20-19-14)15(12-7-3-1-4-8-12)13-9-5-2-6-10-13/h1-11,15-16H,(H,18,19,20). The monoisotopic (exact) mass is 267 g/mol. The van der Waals surface area contributed by atoms with Crippen LogP contribution in [-0.4, -0.2) is 15.4 Å². The van der Waals surface area contributed by atoms with Crippen molar-refractivity contribution in [2.24, 2.45) is 0 Å². The van der Waals surface area contributed by atoms with Crippen LogP contribution in [0.5, 0.6) is 0 Å². The summed E-state index contributed by atoms with van der Waals surface area (Å²) < 4.78 is 14.9. The molecule has 100 valence electrons. The van der Waals surface area contributed by atoms with Gasteiger partial charge in [-0.1, -0.05) is 60.7 Å². The summed E-state index contributed by atoms with van der Waals surface area (Å²) in [6, 6.07) is 19.3. The number of aromatic nitrogens is 3. The van der Waals surface area contributed by atoms with Gasteiger partial charge >= 0.3 is 0 Å². The number of hydrogen-bond donors (Lipinski definition) is 1. The molecule has 3 nitrogen and oxygen atoms in total. The molecule has 0 radical (unpaired) electrons. The zero-order valence-corrected chi connectivity index (χ0v) is 10.8. The van der Waals surface area contributed by atoms with E-state index in [0.29, 0.717) is 5.69 Å². The van der Waals surface area contributed by atoms with E-state index >= 15 is 0 Å². The Hall–Kier alpha value is -2.49. The van der Waals surface area contributed by atoms with Crippen LogP contribution in [0.2, 0.25) is 0 Å². The van der Waals surface area contributed by atoms with E-state index in [9.17, 15) is 4.39 Å². The maximum absolute atomic E-state index is 14.9. The lowest BCUT2D eigenvalue weighted by molar-refractivity contribution is 0.303. The molecular weight excluding hydrogens is 253 g/mol. The predicted molar refractivity (Wildman–Crippen MR) is 75.0 cm³/mol. The molecular formula is C16H14FN3. The van der Waals surface area contributed by atoms with Crippen molar-refractivity contribution in [1.29, 1.82) is 0 Å². The molecule has 0 bridgehead atoms. The van der Waals surface area contributed by atoms with E-state index in [1.54, 1.807) is 0 Å². The van der Waals surface area contributed by atoms with Gasteiger partial charge in [-0.25, -0.2) is 4.39 Å². The highest BCUT2D eigenvalue weighted by atomic mass is 19.1. The fourth-order valence-electron chi connectivity index (χ4n) is 2.37. The molecule has 0 aliphatic carbocycles. The number of halogens is 1. The van der Waals surface area contributed by atoms with Crippen LogP contribution in [0, 0.1) is 0 Å². The third-order valence-corrected chi connectivity index (χ3v) is 3.33. The highest BCUT2D eigenvalue weighted by Crippen LogP contribution is 2.38. The van der Waals surface area contributed by atoms with Gasteiger partial charge < -0.3 is 0 Å². The Balaban J connectivity index is 2.05. The summed E-state index contributed by atoms with van der Waals surface area (Å²) >= 11 is 0. The summed E-state index contributed by atoms with van der Waals surface area (Å²) in [5.41, 5.74) is 2.17. The fourth-order valence-corrected chi connectivity index (χ4v) is 2.37. The van der Waals surface area contributed by atoms with E-state index < -0.39 is 6.17 Å². The lowest BCUT2D eigenvalue weighted by Gasteiger charge is -2.20. The Morgan fingerprint density at radius 2 is 1.40 bits per heavy atom. The molecule has 1 atom stereocenters. The number of rotatable bonds is 4. The molecule has 1 unspecified atom stereocenters. The second kappa shape index (κ2) is 5.65. The maximum Gasteiger partial charge on any atom is 0.156 e. The Morgan fingerprint density at radius 3 is 1.85 bits per heavy atom. The van der Waals surface area contributed by atoms with Crippen molar-refractivity contribution >= 4 is 0 Å². The number of nitrogens with one attached hydrogen (secondary N) is 1. The van der Waals surface area contributed by atoms with Crippen LogP contribution in [0.4, 0.5) is 4.39 Å². The molecule has 0 saturated carbocycles. The first-order valence-electron chi connectivity index (χ1n) is 6.46. The van der Waals surface area contributed by atoms with Gasteiger partial charge in [-0.3, -0.25) is 0 Å². The molecule has 1 N–H and O–H groups in total. The molecule has 0 spiro atoms. The molecule has 0 aliphatic heterocycles. The van der Waals surface area contributed by atoms with E-state index in [2.05, 4.69) is 15.4 Å². The molecule has 0 saturated heterocycles. The average Bonchev–Trinajstić information content (AvgIpc) is 3.04. The molecule has 3 aromatic rings. The normalized spacial score (nSPS) is 12.5. The van der Waals surface area contributed by atoms with Gasteiger partial charge in [0.15, 0.2) is 6.17 Å². The van der Waals surface area contributed by atoms with Crippen LogP contribution in [-0.2, 0) is 0 Å². The van der Waals surface area contributed by atoms with Gasteiger partial charge in [0.25, 0.3) is 0 Å². The number of H-pyrrole nitrogens is 1. The highest BCUT2D eigenvalue weighted by Gasteiger charge is 2.27. The number of hydrogen-bond acceptors (Lipinski definition) is 2. The van der Waals surface area contributed by atoms with Crippen molar-refractivity contribution in [3.05, 3.63) is 83.7 Å². The van der Waals surface area contributed by atoms with Crippen molar-refractivity contribution < 1.29 is 4.39 Å². The first kappa shape index (κ1) is 12.5. The Bertz CT molecular complexity index is 599. The van der Waals surface area contributed by atoms with Crippen molar-refractivity contribution in [2.45, 2.75) is 12.1 Å². The lowest BCUT2D eigenvalue weighted by atomic mass is 9.86. The quantitative estimate of drug-likeness (QED) is 0.784. The minimum absolute atomic E-state index is 0.322. The van der Waals surface area contributed by atoms with E-state index in [-0.39, 0.29) is 5.92 Å². The summed E-state index contributed by atoms with van der Waals surface area (Å²) in [6.07, 6.45) is 0.197. The number of nitrogens with zero attached hydrogens (tertiary/aromatic N) is 2. The van der Waals surface area contributed by atoms with E-state index in [0.717, 1.165) is 11.1 Å². The van der Waals surface area contributed by atoms with Crippen molar-refractivity contribution in [2.75, 3.05) is 0 Å². The molecule has 20 heavy (non-hydrogen) atoms. The van der Waals surface area contributed by atoms with E-state index in [1.807, 2.05) is 60.7 Å². The highest BCUT2D eigenvalue weighted by molar-refractivity contribution is 5.35. The Labute approximate surface area is 116 Å². The summed E-state index contributed by atoms with van der Waals surface area (Å²) in [7, 11) is 0. The first-order valence-corrected chi connectivity index (χ1v) is 6.46. The van der Waals surface area contributed by atoms with Gasteiger partial charge in [-0.05, 0) is 11.1 Å². The largest absolute Gasteiger partial charge is 0.239 e. The number of alkyl halides is 1. The van der Waals surface area contributed by atoms with Crippen LogP contribution in [0.1, 0.15) is 28.9 Å². The van der Waals surface area contributed by atoms with Gasteiger partial charge in [0.05, 0.1) is 6.20 Å². The zero-order chi connectivity index (χ0) is 13.8. The molecule has 0 fully saturated rings. The summed E-state index contributed by atoms with van der Waals surface area (Å²) in [4.78, 5) is 0. The zero-order valence-electron chi connectivity index (χ0n) is 10.8. The van der Waals surface area contributed by atoms with Gasteiger partial charge in [-0.2, -0.15) is 15.4 Å². The van der Waals surface area contributed by atoms with Crippen molar-refractivity contribution in [1.82, 2.24) is 15.4 Å². The van der Waals surface area contributed by atoms with Crippen LogP contribution in [0.15, 0.2) is 66.9 Å². The van der Waals surface area contributed by atoms with E-state index in [4.69, 9.17) is 0 Å². The second-order valence-electron chi connectivity index (χ2n) is 4.60.